The first-order valence-corrected chi connectivity index (χ1v) is 7.06. The summed E-state index contributed by atoms with van der Waals surface area (Å²) in [5.74, 6) is 0.768. The second-order valence-corrected chi connectivity index (χ2v) is 5.52. The first-order chi connectivity index (χ1) is 8.66. The van der Waals surface area contributed by atoms with Gasteiger partial charge in [-0.1, -0.05) is 18.2 Å². The van der Waals surface area contributed by atoms with Gasteiger partial charge in [-0.05, 0) is 12.1 Å². The highest BCUT2D eigenvalue weighted by Crippen LogP contribution is 2.11. The van der Waals surface area contributed by atoms with Gasteiger partial charge in [0.2, 0.25) is 0 Å². The first-order valence-electron chi connectivity index (χ1n) is 5.73. The van der Waals surface area contributed by atoms with E-state index in [1.807, 2.05) is 35.2 Å². The van der Waals surface area contributed by atoms with Gasteiger partial charge in [0.1, 0.15) is 19.1 Å². The second kappa shape index (κ2) is 6.07. The van der Waals surface area contributed by atoms with Crippen molar-refractivity contribution in [1.29, 1.82) is 0 Å². The van der Waals surface area contributed by atoms with Crippen molar-refractivity contribution in [2.45, 2.75) is 6.04 Å². The minimum absolute atomic E-state index is 0.350. The molecule has 1 aromatic carbocycles. The number of carbonyl (C=O) groups is 1. The van der Waals surface area contributed by atoms with Crippen LogP contribution in [-0.4, -0.2) is 47.6 Å². The van der Waals surface area contributed by atoms with Crippen molar-refractivity contribution in [2.24, 2.45) is 0 Å². The summed E-state index contributed by atoms with van der Waals surface area (Å²) in [5, 5.41) is 12.6. The number of nitrogens with zero attached hydrogens (tertiary/aromatic N) is 1. The van der Waals surface area contributed by atoms with Crippen molar-refractivity contribution in [1.82, 2.24) is 10.2 Å². The molecular formula is C12H15N2O3P. The van der Waals surface area contributed by atoms with Crippen molar-refractivity contribution in [2.75, 3.05) is 19.6 Å². The topological polar surface area (TPSA) is 75.6 Å². The maximum absolute atomic E-state index is 12.1. The third-order valence-electron chi connectivity index (χ3n) is 2.78. The molecule has 1 heterocycles. The molecule has 1 aliphatic rings. The van der Waals surface area contributed by atoms with E-state index < -0.39 is 19.8 Å². The summed E-state index contributed by atoms with van der Waals surface area (Å²) in [6.45, 7) is 1.62. The zero-order chi connectivity index (χ0) is 13.0. The molecule has 0 bridgehead atoms. The van der Waals surface area contributed by atoms with Crippen LogP contribution in [0.25, 0.3) is 0 Å². The highest BCUT2D eigenvalue weighted by Gasteiger charge is 2.25. The van der Waals surface area contributed by atoms with Gasteiger partial charge in [0.25, 0.3) is 0 Å². The predicted molar refractivity (Wildman–Crippen MR) is 70.1 cm³/mol. The van der Waals surface area contributed by atoms with E-state index in [9.17, 15) is 9.69 Å². The predicted octanol–water partition coefficient (Wildman–Crippen LogP) is -0.813. The Balaban J connectivity index is 2.06. The van der Waals surface area contributed by atoms with Gasteiger partial charge in [0.05, 0.1) is 0 Å². The van der Waals surface area contributed by atoms with E-state index in [0.29, 0.717) is 19.6 Å². The largest absolute Gasteiger partial charge is 0.625 e. The number of carboxylic acid groups (broad SMARTS) is 1. The van der Waals surface area contributed by atoms with Crippen molar-refractivity contribution in [3.63, 3.8) is 0 Å². The van der Waals surface area contributed by atoms with Crippen molar-refractivity contribution >= 4 is 25.0 Å². The summed E-state index contributed by atoms with van der Waals surface area (Å²) in [4.78, 5) is 24.8. The SMILES string of the molecule is O=C(O)C1CN(C=[P+]([O-])c2ccccc2)CCN1. The van der Waals surface area contributed by atoms with Gasteiger partial charge in [0, 0.05) is 19.6 Å². The standard InChI is InChI=1S/C12H15N2O3P/c15-12(16)11-8-14(7-6-13-11)9-18(17)10-4-2-1-3-5-10/h1-5,9,11,13H,6-8H2,(H,15,16). The molecule has 5 nitrogen and oxygen atoms in total. The second-order valence-electron chi connectivity index (χ2n) is 4.12. The minimum Gasteiger partial charge on any atom is -0.625 e. The van der Waals surface area contributed by atoms with Gasteiger partial charge in [-0.3, -0.25) is 4.79 Å². The fourth-order valence-electron chi connectivity index (χ4n) is 1.83. The normalized spacial score (nSPS) is 21.8. The maximum Gasteiger partial charge on any atom is 0.322 e. The third-order valence-corrected chi connectivity index (χ3v) is 4.13. The highest BCUT2D eigenvalue weighted by atomic mass is 31.1. The number of benzene rings is 1. The lowest BCUT2D eigenvalue weighted by atomic mass is 10.2. The van der Waals surface area contributed by atoms with Crippen LogP contribution in [0.4, 0.5) is 0 Å². The summed E-state index contributed by atoms with van der Waals surface area (Å²) in [7, 11) is -1.61. The molecule has 2 rings (SSSR count). The van der Waals surface area contributed by atoms with Crippen LogP contribution < -0.4 is 15.5 Å². The number of rotatable bonds is 3. The van der Waals surface area contributed by atoms with E-state index >= 15 is 0 Å². The first kappa shape index (κ1) is 13.2. The molecule has 0 radical (unpaired) electrons. The molecule has 1 saturated heterocycles. The molecule has 0 aromatic heterocycles. The molecule has 18 heavy (non-hydrogen) atoms. The number of carboxylic acids is 1. The Morgan fingerprint density at radius 3 is 2.89 bits per heavy atom. The Bertz CT molecular complexity index is 450. The van der Waals surface area contributed by atoms with Crippen molar-refractivity contribution in [3.05, 3.63) is 30.3 Å². The lowest BCUT2D eigenvalue weighted by molar-refractivity contribution is -0.150. The van der Waals surface area contributed by atoms with Crippen molar-refractivity contribution in [3.8, 4) is 0 Å². The van der Waals surface area contributed by atoms with Crippen LogP contribution in [0.2, 0.25) is 0 Å². The van der Waals surface area contributed by atoms with Gasteiger partial charge >= 0.3 is 5.97 Å². The Morgan fingerprint density at radius 1 is 1.50 bits per heavy atom. The maximum atomic E-state index is 12.1. The Kier molecular flexibility index (Phi) is 4.44. The smallest absolute Gasteiger partial charge is 0.322 e. The molecule has 1 aliphatic heterocycles. The molecule has 0 saturated carbocycles. The molecular weight excluding hydrogens is 251 g/mol. The molecule has 1 fully saturated rings. The molecule has 0 spiro atoms. The van der Waals surface area contributed by atoms with E-state index in [1.54, 1.807) is 5.92 Å². The molecule has 0 amide bonds. The van der Waals surface area contributed by atoms with Crippen LogP contribution >= 0.6 is 7.77 Å². The number of hydrogen-bond acceptors (Lipinski definition) is 3. The highest BCUT2D eigenvalue weighted by molar-refractivity contribution is 7.58. The van der Waals surface area contributed by atoms with E-state index in [0.717, 1.165) is 5.30 Å². The van der Waals surface area contributed by atoms with Gasteiger partial charge in [0.15, 0.2) is 5.92 Å². The summed E-state index contributed by atoms with van der Waals surface area (Å²) in [5.41, 5.74) is 0. The van der Waals surface area contributed by atoms with Gasteiger partial charge in [-0.2, -0.15) is 0 Å². The van der Waals surface area contributed by atoms with Crippen LogP contribution in [0.5, 0.6) is 0 Å². The van der Waals surface area contributed by atoms with Crippen LogP contribution in [0.1, 0.15) is 0 Å². The average molecular weight is 266 g/mol. The molecule has 1 aromatic rings. The van der Waals surface area contributed by atoms with E-state index in [1.165, 1.54) is 0 Å². The molecule has 2 N–H and O–H groups in total. The fraction of sp³-hybridized carbons (Fsp3) is 0.333. The summed E-state index contributed by atoms with van der Waals surface area (Å²) in [6.07, 6.45) is 0. The molecule has 6 heteroatoms. The monoisotopic (exact) mass is 266 g/mol. The lowest BCUT2D eigenvalue weighted by Gasteiger charge is -2.27. The number of nitrogens with one attached hydrogen (secondary N) is 1. The van der Waals surface area contributed by atoms with E-state index in [-0.39, 0.29) is 0 Å². The third kappa shape index (κ3) is 3.37. The van der Waals surface area contributed by atoms with Crippen LogP contribution in [0.15, 0.2) is 30.3 Å². The Hall–Kier alpha value is -1.26. The molecule has 96 valence electrons. The fourth-order valence-corrected chi connectivity index (χ4v) is 2.94. The number of aliphatic carboxylic acids is 1. The Morgan fingerprint density at radius 2 is 2.22 bits per heavy atom. The Labute approximate surface area is 107 Å². The van der Waals surface area contributed by atoms with Crippen molar-refractivity contribution < 1.29 is 14.8 Å². The summed E-state index contributed by atoms with van der Waals surface area (Å²) in [6, 6.07) is 8.59. The van der Waals surface area contributed by atoms with E-state index in [2.05, 4.69) is 5.32 Å². The zero-order valence-electron chi connectivity index (χ0n) is 9.82. The quantitative estimate of drug-likeness (QED) is 0.700. The molecule has 0 aliphatic carbocycles. The molecule has 2 unspecified atom stereocenters. The van der Waals surface area contributed by atoms with Crippen LogP contribution in [-0.2, 0) is 4.79 Å². The summed E-state index contributed by atoms with van der Waals surface area (Å²) < 4.78 is 0. The van der Waals surface area contributed by atoms with E-state index in [4.69, 9.17) is 5.11 Å². The summed E-state index contributed by atoms with van der Waals surface area (Å²) >= 11 is 0. The van der Waals surface area contributed by atoms with Gasteiger partial charge < -0.3 is 15.3 Å². The molecule has 2 atom stereocenters. The van der Waals surface area contributed by atoms with Crippen LogP contribution in [0.3, 0.4) is 0 Å². The van der Waals surface area contributed by atoms with Crippen LogP contribution in [0, 0.1) is 0 Å². The zero-order valence-corrected chi connectivity index (χ0v) is 10.7. The number of hydrogen-bond donors (Lipinski definition) is 2. The van der Waals surface area contributed by atoms with Gasteiger partial charge in [-0.25, -0.2) is 4.90 Å². The lowest BCUT2D eigenvalue weighted by Crippen LogP contribution is -2.53. The minimum atomic E-state index is -1.61. The number of piperazine rings is 1. The average Bonchev–Trinajstić information content (AvgIpc) is 2.40. The van der Waals surface area contributed by atoms with Gasteiger partial charge in [-0.15, -0.1) is 0 Å².